The predicted octanol–water partition coefficient (Wildman–Crippen LogP) is 3.81. The molecule has 4 rings (SSSR count). The number of carbonyl (C=O) groups excluding carboxylic acids is 2. The molecule has 0 aromatic carbocycles. The zero-order valence-corrected chi connectivity index (χ0v) is 18.4. The van der Waals surface area contributed by atoms with Crippen LogP contribution in [0.25, 0.3) is 11.1 Å². The monoisotopic (exact) mass is 429 g/mol. The first-order chi connectivity index (χ1) is 14.2. The maximum Gasteiger partial charge on any atom is 0.225 e. The molecule has 2 amide bonds. The van der Waals surface area contributed by atoms with Gasteiger partial charge in [-0.1, -0.05) is 25.4 Å². The highest BCUT2D eigenvalue weighted by Crippen LogP contribution is 2.39. The van der Waals surface area contributed by atoms with E-state index in [1.54, 1.807) is 6.20 Å². The van der Waals surface area contributed by atoms with Crippen LogP contribution in [-0.2, 0) is 22.6 Å². The zero-order chi connectivity index (χ0) is 21.5. The van der Waals surface area contributed by atoms with E-state index in [1.165, 1.54) is 12.6 Å². The molecule has 8 heteroatoms. The van der Waals surface area contributed by atoms with Crippen LogP contribution in [0.15, 0.2) is 18.5 Å². The molecule has 0 unspecified atom stereocenters. The Balaban J connectivity index is 1.43. The average molecular weight is 430 g/mol. The van der Waals surface area contributed by atoms with Crippen molar-refractivity contribution >= 4 is 29.2 Å². The Labute approximate surface area is 181 Å². The van der Waals surface area contributed by atoms with E-state index >= 15 is 0 Å². The van der Waals surface area contributed by atoms with E-state index in [9.17, 15) is 9.59 Å². The number of rotatable bonds is 5. The van der Waals surface area contributed by atoms with E-state index in [4.69, 9.17) is 11.6 Å². The topological polar surface area (TPSA) is 88.9 Å². The third kappa shape index (κ3) is 4.51. The van der Waals surface area contributed by atoms with Gasteiger partial charge in [0.25, 0.3) is 0 Å². The van der Waals surface area contributed by atoms with Crippen LogP contribution in [0.3, 0.4) is 0 Å². The van der Waals surface area contributed by atoms with Gasteiger partial charge < -0.3 is 10.6 Å². The standard InChI is InChI=1S/C22H28ClN5O2/c1-13(29)26-15-5-4-14(6-15)7-21(30)27-20-8-16(18(23)11-24-20)17-10-25-28-12-22(2,3)9-19(17)28/h8,10-11,14-15H,4-7,9,12H2,1-3H3,(H,26,29)(H,24,27,30)/t14-,15+/m1/s1. The highest BCUT2D eigenvalue weighted by Gasteiger charge is 2.32. The molecule has 0 spiro atoms. The third-order valence-corrected chi connectivity index (χ3v) is 6.31. The van der Waals surface area contributed by atoms with Crippen molar-refractivity contribution < 1.29 is 9.59 Å². The van der Waals surface area contributed by atoms with Gasteiger partial charge in [-0.2, -0.15) is 5.10 Å². The molecule has 0 saturated heterocycles. The minimum absolute atomic E-state index is 0.0157. The summed E-state index contributed by atoms with van der Waals surface area (Å²) in [6.07, 6.45) is 7.48. The third-order valence-electron chi connectivity index (χ3n) is 6.01. The number of nitrogens with zero attached hydrogens (tertiary/aromatic N) is 3. The molecule has 0 radical (unpaired) electrons. The van der Waals surface area contributed by atoms with Gasteiger partial charge >= 0.3 is 0 Å². The molecule has 7 nitrogen and oxygen atoms in total. The first-order valence-electron chi connectivity index (χ1n) is 10.5. The second-order valence-corrected chi connectivity index (χ2v) is 9.79. The van der Waals surface area contributed by atoms with E-state index in [-0.39, 0.29) is 29.2 Å². The fourth-order valence-electron chi connectivity index (χ4n) is 4.72. The number of halogens is 1. The van der Waals surface area contributed by atoms with Crippen LogP contribution in [0.4, 0.5) is 5.82 Å². The number of aromatic nitrogens is 3. The maximum absolute atomic E-state index is 12.6. The van der Waals surface area contributed by atoms with Gasteiger partial charge in [-0.3, -0.25) is 14.3 Å². The van der Waals surface area contributed by atoms with Crippen molar-refractivity contribution in [2.45, 2.75) is 65.5 Å². The molecule has 1 aliphatic heterocycles. The normalized spacial score (nSPS) is 22.0. The lowest BCUT2D eigenvalue weighted by molar-refractivity contribution is -0.119. The molecular weight excluding hydrogens is 402 g/mol. The van der Waals surface area contributed by atoms with Crippen molar-refractivity contribution in [3.8, 4) is 11.1 Å². The lowest BCUT2D eigenvalue weighted by Gasteiger charge is -2.15. The molecule has 3 heterocycles. The summed E-state index contributed by atoms with van der Waals surface area (Å²) in [6, 6.07) is 2.01. The number of nitrogens with one attached hydrogen (secondary N) is 2. The molecule has 1 fully saturated rings. The Bertz CT molecular complexity index is 984. The smallest absolute Gasteiger partial charge is 0.225 e. The van der Waals surface area contributed by atoms with Crippen molar-refractivity contribution in [3.05, 3.63) is 29.2 Å². The van der Waals surface area contributed by atoms with E-state index in [1.807, 2.05) is 16.9 Å². The van der Waals surface area contributed by atoms with Crippen molar-refractivity contribution in [2.24, 2.45) is 11.3 Å². The Kier molecular flexibility index (Phi) is 5.57. The fourth-order valence-corrected chi connectivity index (χ4v) is 4.93. The second kappa shape index (κ2) is 8.02. The molecule has 2 aromatic heterocycles. The Morgan fingerprint density at radius 1 is 1.27 bits per heavy atom. The summed E-state index contributed by atoms with van der Waals surface area (Å²) >= 11 is 6.45. The number of fused-ring (bicyclic) bond motifs is 1. The quantitative estimate of drug-likeness (QED) is 0.756. The molecule has 2 atom stereocenters. The summed E-state index contributed by atoms with van der Waals surface area (Å²) in [7, 11) is 0. The number of hydrogen-bond acceptors (Lipinski definition) is 4. The summed E-state index contributed by atoms with van der Waals surface area (Å²) < 4.78 is 2.04. The summed E-state index contributed by atoms with van der Waals surface area (Å²) in [5, 5.41) is 10.9. The van der Waals surface area contributed by atoms with Crippen LogP contribution in [0.1, 0.15) is 52.1 Å². The average Bonchev–Trinajstić information content (AvgIpc) is 3.30. The van der Waals surface area contributed by atoms with Gasteiger partial charge in [0.2, 0.25) is 11.8 Å². The van der Waals surface area contributed by atoms with Crippen molar-refractivity contribution in [3.63, 3.8) is 0 Å². The molecule has 1 aliphatic carbocycles. The minimum atomic E-state index is -0.0642. The number of pyridine rings is 1. The molecule has 2 N–H and O–H groups in total. The Hall–Kier alpha value is -2.41. The largest absolute Gasteiger partial charge is 0.354 e. The summed E-state index contributed by atoms with van der Waals surface area (Å²) in [6.45, 7) is 6.87. The number of hydrogen-bond donors (Lipinski definition) is 2. The van der Waals surface area contributed by atoms with Crippen LogP contribution < -0.4 is 10.6 Å². The Morgan fingerprint density at radius 3 is 2.83 bits per heavy atom. The maximum atomic E-state index is 12.6. The molecule has 2 aromatic rings. The zero-order valence-electron chi connectivity index (χ0n) is 17.7. The molecule has 1 saturated carbocycles. The minimum Gasteiger partial charge on any atom is -0.354 e. The van der Waals surface area contributed by atoms with Crippen molar-refractivity contribution in [2.75, 3.05) is 5.32 Å². The summed E-state index contributed by atoms with van der Waals surface area (Å²) in [5.41, 5.74) is 3.18. The second-order valence-electron chi connectivity index (χ2n) is 9.38. The lowest BCUT2D eigenvalue weighted by Crippen LogP contribution is -2.30. The first kappa shape index (κ1) is 20.8. The summed E-state index contributed by atoms with van der Waals surface area (Å²) in [4.78, 5) is 28.1. The SMILES string of the molecule is CC(=O)N[C@H]1CC[C@@H](CC(=O)Nc2cc(-c3cnn4c3CC(C)(C)C4)c(Cl)cn2)C1. The van der Waals surface area contributed by atoms with Gasteiger partial charge in [-0.15, -0.1) is 0 Å². The van der Waals surface area contributed by atoms with Gasteiger partial charge in [0, 0.05) is 48.9 Å². The van der Waals surface area contributed by atoms with Crippen LogP contribution in [-0.4, -0.2) is 32.6 Å². The molecule has 0 bridgehead atoms. The van der Waals surface area contributed by atoms with E-state index in [0.717, 1.165) is 43.4 Å². The van der Waals surface area contributed by atoms with E-state index in [0.29, 0.717) is 17.3 Å². The van der Waals surface area contributed by atoms with Gasteiger partial charge in [0.05, 0.1) is 11.2 Å². The van der Waals surface area contributed by atoms with Crippen molar-refractivity contribution in [1.29, 1.82) is 0 Å². The van der Waals surface area contributed by atoms with Gasteiger partial charge in [0.1, 0.15) is 5.82 Å². The summed E-state index contributed by atoms with van der Waals surface area (Å²) in [5.74, 6) is 0.687. The number of amides is 2. The van der Waals surface area contributed by atoms with Gasteiger partial charge in [-0.05, 0) is 43.1 Å². The fraction of sp³-hybridized carbons (Fsp3) is 0.545. The number of carbonyl (C=O) groups is 2. The predicted molar refractivity (Wildman–Crippen MR) is 116 cm³/mol. The highest BCUT2D eigenvalue weighted by atomic mass is 35.5. The van der Waals surface area contributed by atoms with Crippen LogP contribution >= 0.6 is 11.6 Å². The van der Waals surface area contributed by atoms with Crippen LogP contribution in [0, 0.1) is 11.3 Å². The van der Waals surface area contributed by atoms with Gasteiger partial charge in [0.15, 0.2) is 0 Å². The molecule has 30 heavy (non-hydrogen) atoms. The Morgan fingerprint density at radius 2 is 2.07 bits per heavy atom. The molecule has 160 valence electrons. The van der Waals surface area contributed by atoms with Crippen LogP contribution in [0.2, 0.25) is 5.02 Å². The lowest BCUT2D eigenvalue weighted by atomic mass is 9.89. The first-order valence-corrected chi connectivity index (χ1v) is 10.9. The molecular formula is C22H28ClN5O2. The highest BCUT2D eigenvalue weighted by molar-refractivity contribution is 6.33. The van der Waals surface area contributed by atoms with Crippen molar-refractivity contribution in [1.82, 2.24) is 20.1 Å². The van der Waals surface area contributed by atoms with Gasteiger partial charge in [-0.25, -0.2) is 4.98 Å². The molecule has 2 aliphatic rings. The number of anilines is 1. The van der Waals surface area contributed by atoms with E-state index in [2.05, 4.69) is 34.6 Å². The van der Waals surface area contributed by atoms with E-state index < -0.39 is 0 Å². The van der Waals surface area contributed by atoms with Crippen LogP contribution in [0.5, 0.6) is 0 Å².